The molecule has 0 bridgehead atoms. The van der Waals surface area contributed by atoms with E-state index in [9.17, 15) is 4.79 Å². The Morgan fingerprint density at radius 2 is 2.17 bits per heavy atom. The molecule has 6 heavy (non-hydrogen) atoms. The van der Waals surface area contributed by atoms with E-state index in [4.69, 9.17) is 5.11 Å². The van der Waals surface area contributed by atoms with Gasteiger partial charge in [0.2, 0.25) is 0 Å². The molecule has 0 aliphatic rings. The normalized spacial score (nSPS) is 14.2. The smallest absolute Gasteiger partial charge is 0.343 e. The fraction of sp³-hybridized carbons (Fsp3) is 0.667. The van der Waals surface area contributed by atoms with E-state index in [0.717, 1.165) is 0 Å². The number of aliphatic carboxylic acids is 1. The summed E-state index contributed by atoms with van der Waals surface area (Å²) in [5, 5.41) is 8.00. The predicted octanol–water partition coefficient (Wildman–Crippen LogP) is 0.0669. The molecule has 0 aromatic rings. The summed E-state index contributed by atoms with van der Waals surface area (Å²) in [6.45, 7) is 1.65. The molecule has 0 saturated carbocycles. The zero-order valence-electron chi connectivity index (χ0n) is 3.64. The zero-order valence-corrected chi connectivity index (χ0v) is 5.05. The minimum absolute atomic E-state index is 0.204. The molecule has 0 rings (SSSR count). The van der Waals surface area contributed by atoms with Gasteiger partial charge in [-0.1, -0.05) is 0 Å². The molecule has 0 amide bonds. The minimum Gasteiger partial charge on any atom is -0.478 e. The third-order valence-electron chi connectivity index (χ3n) is 0.422. The molecule has 0 spiro atoms. The SMILES string of the molecule is CC([PH3+])C(=O)O. The predicted molar refractivity (Wildman–Crippen MR) is 28.2 cm³/mol. The molecule has 2 atom stereocenters. The minimum atomic E-state index is -0.728. The van der Waals surface area contributed by atoms with E-state index in [1.165, 1.54) is 9.24 Å². The molecular weight excluding hydrogens is 99.0 g/mol. The fourth-order valence-electron chi connectivity index (χ4n) is 0. The summed E-state index contributed by atoms with van der Waals surface area (Å²) in [4.78, 5) is 9.71. The lowest BCUT2D eigenvalue weighted by atomic mass is 10.5. The van der Waals surface area contributed by atoms with Crippen molar-refractivity contribution < 1.29 is 9.90 Å². The lowest BCUT2D eigenvalue weighted by Gasteiger charge is -1.83. The first-order chi connectivity index (χ1) is 2.64. The van der Waals surface area contributed by atoms with Crippen LogP contribution in [0, 0.1) is 0 Å². The van der Waals surface area contributed by atoms with Crippen LogP contribution >= 0.6 is 9.24 Å². The van der Waals surface area contributed by atoms with E-state index < -0.39 is 5.97 Å². The number of carbonyl (C=O) groups is 1. The molecule has 36 valence electrons. The highest BCUT2D eigenvalue weighted by Gasteiger charge is 2.05. The molecular formula is C3H8O2P+. The van der Waals surface area contributed by atoms with Crippen molar-refractivity contribution in [1.29, 1.82) is 0 Å². The third-order valence-corrected chi connectivity index (χ3v) is 0.771. The standard InChI is InChI=1S/C3H7O2P/c1-2(6)3(4)5/h2H,6H2,1H3,(H,4,5)/p+1. The lowest BCUT2D eigenvalue weighted by molar-refractivity contribution is -0.136. The first kappa shape index (κ1) is 5.90. The molecule has 3 heteroatoms. The molecule has 1 N–H and O–H groups in total. The molecule has 0 aliphatic heterocycles. The van der Waals surface area contributed by atoms with E-state index in [0.29, 0.717) is 0 Å². The zero-order chi connectivity index (χ0) is 5.15. The molecule has 2 nitrogen and oxygen atoms in total. The highest BCUT2D eigenvalue weighted by molar-refractivity contribution is 7.19. The van der Waals surface area contributed by atoms with Crippen LogP contribution in [0.4, 0.5) is 0 Å². The van der Waals surface area contributed by atoms with Crippen molar-refractivity contribution in [3.05, 3.63) is 0 Å². The third kappa shape index (κ3) is 2.16. The molecule has 0 saturated heterocycles. The monoisotopic (exact) mass is 107 g/mol. The summed E-state index contributed by atoms with van der Waals surface area (Å²) < 4.78 is 0. The summed E-state index contributed by atoms with van der Waals surface area (Å²) in [7, 11) is 1.46. The second-order valence-electron chi connectivity index (χ2n) is 1.24. The summed E-state index contributed by atoms with van der Waals surface area (Å²) >= 11 is 0. The number of hydrogen-bond donors (Lipinski definition) is 1. The first-order valence-corrected chi connectivity index (χ1v) is 2.52. The van der Waals surface area contributed by atoms with Crippen LogP contribution in [0.5, 0.6) is 0 Å². The van der Waals surface area contributed by atoms with Crippen molar-refractivity contribution in [2.45, 2.75) is 12.6 Å². The van der Waals surface area contributed by atoms with E-state index in [1.807, 2.05) is 0 Å². The Bertz CT molecular complexity index is 59.8. The Labute approximate surface area is 38.8 Å². The van der Waals surface area contributed by atoms with Crippen molar-refractivity contribution >= 4 is 15.2 Å². The van der Waals surface area contributed by atoms with Crippen LogP contribution in [0.25, 0.3) is 0 Å². The van der Waals surface area contributed by atoms with Crippen LogP contribution in [-0.2, 0) is 4.79 Å². The number of rotatable bonds is 1. The molecule has 0 aromatic heterocycles. The number of carboxylic acid groups (broad SMARTS) is 1. The van der Waals surface area contributed by atoms with Crippen molar-refractivity contribution in [2.24, 2.45) is 0 Å². The largest absolute Gasteiger partial charge is 0.478 e. The van der Waals surface area contributed by atoms with Crippen LogP contribution in [-0.4, -0.2) is 16.7 Å². The first-order valence-electron chi connectivity index (χ1n) is 1.70. The maximum absolute atomic E-state index is 9.71. The topological polar surface area (TPSA) is 37.3 Å². The second kappa shape index (κ2) is 2.14. The summed E-state index contributed by atoms with van der Waals surface area (Å²) in [6.07, 6.45) is 0. The average Bonchev–Trinajstić information content (AvgIpc) is 1.36. The lowest BCUT2D eigenvalue weighted by Crippen LogP contribution is -2.06. The van der Waals surface area contributed by atoms with Gasteiger partial charge in [0.05, 0.1) is 0 Å². The Kier molecular flexibility index (Phi) is 2.11. The fourth-order valence-corrected chi connectivity index (χ4v) is 0. The Morgan fingerprint density at radius 3 is 2.17 bits per heavy atom. The van der Waals surface area contributed by atoms with Crippen molar-refractivity contribution in [1.82, 2.24) is 0 Å². The molecule has 0 heterocycles. The van der Waals surface area contributed by atoms with Crippen molar-refractivity contribution in [3.8, 4) is 0 Å². The van der Waals surface area contributed by atoms with E-state index >= 15 is 0 Å². The highest BCUT2D eigenvalue weighted by Crippen LogP contribution is 1.94. The maximum Gasteiger partial charge on any atom is 0.343 e. The van der Waals surface area contributed by atoms with Gasteiger partial charge in [0, 0.05) is 0 Å². The van der Waals surface area contributed by atoms with Gasteiger partial charge in [0.1, 0.15) is 0 Å². The van der Waals surface area contributed by atoms with Gasteiger partial charge >= 0.3 is 5.97 Å². The van der Waals surface area contributed by atoms with Crippen LogP contribution < -0.4 is 0 Å². The second-order valence-corrected chi connectivity index (χ2v) is 2.46. The molecule has 0 aromatic carbocycles. The van der Waals surface area contributed by atoms with Crippen LogP contribution in [0.15, 0.2) is 0 Å². The number of carboxylic acids is 1. The van der Waals surface area contributed by atoms with Gasteiger partial charge in [-0.15, -0.1) is 0 Å². The van der Waals surface area contributed by atoms with Crippen LogP contribution in [0.3, 0.4) is 0 Å². The molecule has 2 unspecified atom stereocenters. The van der Waals surface area contributed by atoms with E-state index in [2.05, 4.69) is 0 Å². The number of hydrogen-bond acceptors (Lipinski definition) is 1. The quantitative estimate of drug-likeness (QED) is 0.481. The molecule has 0 aliphatic carbocycles. The van der Waals surface area contributed by atoms with E-state index in [-0.39, 0.29) is 5.66 Å². The van der Waals surface area contributed by atoms with Crippen molar-refractivity contribution in [2.75, 3.05) is 0 Å². The van der Waals surface area contributed by atoms with Crippen LogP contribution in [0.2, 0.25) is 0 Å². The molecule has 0 fully saturated rings. The van der Waals surface area contributed by atoms with Crippen molar-refractivity contribution in [3.63, 3.8) is 0 Å². The summed E-state index contributed by atoms with van der Waals surface area (Å²) in [5.74, 6) is -0.728. The van der Waals surface area contributed by atoms with Gasteiger partial charge in [-0.2, -0.15) is 0 Å². The van der Waals surface area contributed by atoms with Gasteiger partial charge in [-0.25, -0.2) is 4.79 Å². The van der Waals surface area contributed by atoms with E-state index in [1.54, 1.807) is 6.92 Å². The Balaban J connectivity index is 3.26. The maximum atomic E-state index is 9.71. The average molecular weight is 107 g/mol. The van der Waals surface area contributed by atoms with Gasteiger partial charge in [0.25, 0.3) is 0 Å². The van der Waals surface area contributed by atoms with Gasteiger partial charge in [-0.3, -0.25) is 0 Å². The summed E-state index contributed by atoms with van der Waals surface area (Å²) in [6, 6.07) is 0. The van der Waals surface area contributed by atoms with Crippen LogP contribution in [0.1, 0.15) is 6.92 Å². The Morgan fingerprint density at radius 1 is 2.00 bits per heavy atom. The van der Waals surface area contributed by atoms with Gasteiger partial charge < -0.3 is 5.11 Å². The summed E-state index contributed by atoms with van der Waals surface area (Å²) in [5.41, 5.74) is -0.204. The van der Waals surface area contributed by atoms with Gasteiger partial charge in [0.15, 0.2) is 5.66 Å². The molecule has 0 radical (unpaired) electrons. The Hall–Kier alpha value is -0.100. The van der Waals surface area contributed by atoms with Gasteiger partial charge in [-0.05, 0) is 16.2 Å². The highest BCUT2D eigenvalue weighted by atomic mass is 31.0.